The van der Waals surface area contributed by atoms with Crippen molar-refractivity contribution in [3.8, 4) is 0 Å². The first-order valence-electron chi connectivity index (χ1n) is 2.97. The Bertz CT molecular complexity index is 70.1. The van der Waals surface area contributed by atoms with E-state index in [1.165, 1.54) is 12.8 Å². The SMILES string of the molecule is C=C[C@@H](C)C1CC1. The average Bonchev–Trinajstić information content (AvgIpc) is 2.44. The second kappa shape index (κ2) is 1.69. The first kappa shape index (κ1) is 4.89. The van der Waals surface area contributed by atoms with Crippen molar-refractivity contribution in [2.24, 2.45) is 11.8 Å². The summed E-state index contributed by atoms with van der Waals surface area (Å²) in [5.74, 6) is 1.78. The summed E-state index contributed by atoms with van der Waals surface area (Å²) in [4.78, 5) is 0. The van der Waals surface area contributed by atoms with Crippen LogP contribution in [0, 0.1) is 11.8 Å². The van der Waals surface area contributed by atoms with Crippen LogP contribution >= 0.6 is 0 Å². The molecule has 7 heavy (non-hydrogen) atoms. The van der Waals surface area contributed by atoms with E-state index >= 15 is 0 Å². The highest BCUT2D eigenvalue weighted by Crippen LogP contribution is 2.36. The Labute approximate surface area is 45.2 Å². The molecule has 0 amide bonds. The topological polar surface area (TPSA) is 0 Å². The Kier molecular flexibility index (Phi) is 1.18. The van der Waals surface area contributed by atoms with Gasteiger partial charge in [0.25, 0.3) is 0 Å². The molecule has 1 saturated carbocycles. The molecule has 0 radical (unpaired) electrons. The lowest BCUT2D eigenvalue weighted by atomic mass is 10.1. The minimum absolute atomic E-state index is 0.778. The summed E-state index contributed by atoms with van der Waals surface area (Å²) in [5.41, 5.74) is 0. The Morgan fingerprint density at radius 1 is 1.71 bits per heavy atom. The molecule has 0 bridgehead atoms. The van der Waals surface area contributed by atoms with Gasteiger partial charge in [-0.05, 0) is 24.7 Å². The zero-order valence-electron chi connectivity index (χ0n) is 4.85. The lowest BCUT2D eigenvalue weighted by Gasteiger charge is -1.97. The predicted molar refractivity (Wildman–Crippen MR) is 32.1 cm³/mol. The van der Waals surface area contributed by atoms with Crippen LogP contribution < -0.4 is 0 Å². The van der Waals surface area contributed by atoms with Crippen LogP contribution in [0.1, 0.15) is 19.8 Å². The van der Waals surface area contributed by atoms with E-state index < -0.39 is 0 Å². The summed E-state index contributed by atoms with van der Waals surface area (Å²) in [6.07, 6.45) is 4.93. The fourth-order valence-electron chi connectivity index (χ4n) is 0.814. The smallest absolute Gasteiger partial charge is 0.0236 e. The standard InChI is InChI=1S/C7H12/c1-3-6(2)7-4-5-7/h3,6-7H,1,4-5H2,2H3/t6-/m1/s1. The maximum absolute atomic E-state index is 3.72. The Morgan fingerprint density at radius 3 is 2.43 bits per heavy atom. The molecule has 0 aromatic rings. The predicted octanol–water partition coefficient (Wildman–Crippen LogP) is 2.22. The molecule has 0 aromatic carbocycles. The van der Waals surface area contributed by atoms with Crippen LogP contribution in [0.2, 0.25) is 0 Å². The van der Waals surface area contributed by atoms with Crippen molar-refractivity contribution in [3.63, 3.8) is 0 Å². The van der Waals surface area contributed by atoms with Crippen LogP contribution in [0.3, 0.4) is 0 Å². The summed E-state index contributed by atoms with van der Waals surface area (Å²) in [6.45, 7) is 5.96. The third-order valence-electron chi connectivity index (χ3n) is 1.74. The molecule has 0 aromatic heterocycles. The molecule has 0 saturated heterocycles. The second-order valence-electron chi connectivity index (χ2n) is 2.43. The van der Waals surface area contributed by atoms with Gasteiger partial charge in [-0.15, -0.1) is 6.58 Å². The number of rotatable bonds is 2. The van der Waals surface area contributed by atoms with E-state index in [0.717, 1.165) is 11.8 Å². The molecule has 1 aliphatic carbocycles. The lowest BCUT2D eigenvalue weighted by Crippen LogP contribution is -1.88. The van der Waals surface area contributed by atoms with Gasteiger partial charge >= 0.3 is 0 Å². The van der Waals surface area contributed by atoms with Crippen molar-refractivity contribution >= 4 is 0 Å². The van der Waals surface area contributed by atoms with Gasteiger partial charge in [0.2, 0.25) is 0 Å². The van der Waals surface area contributed by atoms with E-state index in [2.05, 4.69) is 19.6 Å². The summed E-state index contributed by atoms with van der Waals surface area (Å²) in [6, 6.07) is 0. The molecule has 1 atom stereocenters. The molecule has 0 aliphatic heterocycles. The Balaban J connectivity index is 2.22. The van der Waals surface area contributed by atoms with Gasteiger partial charge in [0.15, 0.2) is 0 Å². The molecule has 1 fully saturated rings. The number of hydrogen-bond acceptors (Lipinski definition) is 0. The largest absolute Gasteiger partial charge is 0.103 e. The van der Waals surface area contributed by atoms with Crippen LogP contribution in [-0.2, 0) is 0 Å². The first-order chi connectivity index (χ1) is 3.34. The van der Waals surface area contributed by atoms with Crippen molar-refractivity contribution < 1.29 is 0 Å². The summed E-state index contributed by atoms with van der Waals surface area (Å²) >= 11 is 0. The molecule has 0 heterocycles. The van der Waals surface area contributed by atoms with Crippen molar-refractivity contribution in [1.82, 2.24) is 0 Å². The highest BCUT2D eigenvalue weighted by molar-refractivity contribution is 4.88. The van der Waals surface area contributed by atoms with Gasteiger partial charge in [0, 0.05) is 0 Å². The van der Waals surface area contributed by atoms with Gasteiger partial charge in [-0.2, -0.15) is 0 Å². The average molecular weight is 96.2 g/mol. The van der Waals surface area contributed by atoms with E-state index in [1.54, 1.807) is 0 Å². The minimum atomic E-state index is 0.778. The van der Waals surface area contributed by atoms with Crippen LogP contribution in [0.4, 0.5) is 0 Å². The second-order valence-corrected chi connectivity index (χ2v) is 2.43. The fraction of sp³-hybridized carbons (Fsp3) is 0.714. The van der Waals surface area contributed by atoms with Gasteiger partial charge < -0.3 is 0 Å². The van der Waals surface area contributed by atoms with E-state index in [4.69, 9.17) is 0 Å². The van der Waals surface area contributed by atoms with Crippen LogP contribution in [-0.4, -0.2) is 0 Å². The molecular formula is C7H12. The Morgan fingerprint density at radius 2 is 2.29 bits per heavy atom. The van der Waals surface area contributed by atoms with Gasteiger partial charge in [-0.3, -0.25) is 0 Å². The van der Waals surface area contributed by atoms with Gasteiger partial charge in [-0.1, -0.05) is 13.0 Å². The van der Waals surface area contributed by atoms with Crippen LogP contribution in [0.5, 0.6) is 0 Å². The zero-order chi connectivity index (χ0) is 5.28. The summed E-state index contributed by atoms with van der Waals surface area (Å²) in [5, 5.41) is 0. The zero-order valence-corrected chi connectivity index (χ0v) is 4.85. The molecule has 1 aliphatic rings. The highest BCUT2D eigenvalue weighted by atomic mass is 14.3. The minimum Gasteiger partial charge on any atom is -0.103 e. The van der Waals surface area contributed by atoms with E-state index in [1.807, 2.05) is 0 Å². The van der Waals surface area contributed by atoms with Crippen molar-refractivity contribution in [2.45, 2.75) is 19.8 Å². The third-order valence-corrected chi connectivity index (χ3v) is 1.74. The fourth-order valence-corrected chi connectivity index (χ4v) is 0.814. The van der Waals surface area contributed by atoms with Crippen molar-refractivity contribution in [3.05, 3.63) is 12.7 Å². The first-order valence-corrected chi connectivity index (χ1v) is 2.97. The maximum Gasteiger partial charge on any atom is -0.0236 e. The van der Waals surface area contributed by atoms with Crippen molar-refractivity contribution in [2.75, 3.05) is 0 Å². The lowest BCUT2D eigenvalue weighted by molar-refractivity contribution is 0.629. The monoisotopic (exact) mass is 96.1 g/mol. The summed E-state index contributed by atoms with van der Waals surface area (Å²) in [7, 11) is 0. The van der Waals surface area contributed by atoms with E-state index in [-0.39, 0.29) is 0 Å². The molecule has 0 nitrogen and oxygen atoms in total. The molecule has 40 valence electrons. The maximum atomic E-state index is 3.72. The molecule has 0 unspecified atom stereocenters. The van der Waals surface area contributed by atoms with Gasteiger partial charge in [0.1, 0.15) is 0 Å². The normalized spacial score (nSPS) is 24.1. The Hall–Kier alpha value is -0.260. The molecule has 1 rings (SSSR count). The molecule has 0 N–H and O–H groups in total. The number of hydrogen-bond donors (Lipinski definition) is 0. The van der Waals surface area contributed by atoms with Crippen molar-refractivity contribution in [1.29, 1.82) is 0 Å². The molecular weight excluding hydrogens is 84.1 g/mol. The molecule has 0 spiro atoms. The van der Waals surface area contributed by atoms with Gasteiger partial charge in [0.05, 0.1) is 0 Å². The van der Waals surface area contributed by atoms with E-state index in [9.17, 15) is 0 Å². The van der Waals surface area contributed by atoms with Crippen LogP contribution in [0.15, 0.2) is 12.7 Å². The number of allylic oxidation sites excluding steroid dienone is 1. The third kappa shape index (κ3) is 1.05. The summed E-state index contributed by atoms with van der Waals surface area (Å²) < 4.78 is 0. The van der Waals surface area contributed by atoms with Crippen LogP contribution in [0.25, 0.3) is 0 Å². The van der Waals surface area contributed by atoms with Gasteiger partial charge in [-0.25, -0.2) is 0 Å². The highest BCUT2D eigenvalue weighted by Gasteiger charge is 2.25. The molecule has 0 heteroatoms. The van der Waals surface area contributed by atoms with E-state index in [0.29, 0.717) is 0 Å². The quantitative estimate of drug-likeness (QED) is 0.462.